The first-order chi connectivity index (χ1) is 10.1. The molecule has 5 nitrogen and oxygen atoms in total. The van der Waals surface area contributed by atoms with Crippen LogP contribution in [0.25, 0.3) is 0 Å². The van der Waals surface area contributed by atoms with Gasteiger partial charge < -0.3 is 10.1 Å². The predicted octanol–water partition coefficient (Wildman–Crippen LogP) is 1.49. The van der Waals surface area contributed by atoms with Gasteiger partial charge in [0, 0.05) is 19.7 Å². The van der Waals surface area contributed by atoms with E-state index in [9.17, 15) is 8.42 Å². The number of hydrogen-bond acceptors (Lipinski definition) is 5. The zero-order valence-electron chi connectivity index (χ0n) is 12.1. The standard InChI is InChI=1S/C15H20N2O3S/c1-20-15-7-3-6-14(15)17-8-9-21(18,19)13-5-2-4-12(10-13)11-16/h2,4-5,10,14-15,17H,3,6-9H2,1H3. The molecular weight excluding hydrogens is 288 g/mol. The number of ether oxygens (including phenoxy) is 1. The molecule has 1 aliphatic rings. The van der Waals surface area contributed by atoms with Crippen molar-refractivity contribution in [2.45, 2.75) is 36.3 Å². The van der Waals surface area contributed by atoms with Crippen molar-refractivity contribution in [2.75, 3.05) is 19.4 Å². The van der Waals surface area contributed by atoms with Gasteiger partial charge in [0.25, 0.3) is 0 Å². The zero-order valence-corrected chi connectivity index (χ0v) is 12.9. The van der Waals surface area contributed by atoms with Crippen molar-refractivity contribution in [1.82, 2.24) is 5.32 Å². The highest BCUT2D eigenvalue weighted by Crippen LogP contribution is 2.21. The van der Waals surface area contributed by atoms with E-state index in [-0.39, 0.29) is 22.8 Å². The van der Waals surface area contributed by atoms with Crippen LogP contribution in [-0.4, -0.2) is 40.0 Å². The van der Waals surface area contributed by atoms with Crippen molar-refractivity contribution >= 4 is 9.84 Å². The molecule has 0 aliphatic heterocycles. The molecule has 0 heterocycles. The van der Waals surface area contributed by atoms with Crippen LogP contribution in [0.4, 0.5) is 0 Å². The molecule has 1 aromatic rings. The predicted molar refractivity (Wildman–Crippen MR) is 79.6 cm³/mol. The van der Waals surface area contributed by atoms with Gasteiger partial charge in [-0.3, -0.25) is 0 Å². The number of nitrogens with one attached hydrogen (secondary N) is 1. The van der Waals surface area contributed by atoms with Crippen molar-refractivity contribution in [3.63, 3.8) is 0 Å². The van der Waals surface area contributed by atoms with Gasteiger partial charge in [0.05, 0.1) is 28.4 Å². The van der Waals surface area contributed by atoms with Crippen LogP contribution in [0.3, 0.4) is 0 Å². The van der Waals surface area contributed by atoms with Gasteiger partial charge >= 0.3 is 0 Å². The van der Waals surface area contributed by atoms with Gasteiger partial charge in [-0.2, -0.15) is 5.26 Å². The first kappa shape index (κ1) is 16.0. The monoisotopic (exact) mass is 308 g/mol. The molecule has 0 amide bonds. The van der Waals surface area contributed by atoms with E-state index in [0.29, 0.717) is 12.1 Å². The fraction of sp³-hybridized carbons (Fsp3) is 0.533. The molecule has 6 heteroatoms. The molecule has 1 aliphatic carbocycles. The lowest BCUT2D eigenvalue weighted by Gasteiger charge is -2.19. The summed E-state index contributed by atoms with van der Waals surface area (Å²) in [5.74, 6) is 0.0226. The molecular formula is C15H20N2O3S. The van der Waals surface area contributed by atoms with E-state index >= 15 is 0 Å². The van der Waals surface area contributed by atoms with E-state index in [1.165, 1.54) is 12.1 Å². The van der Waals surface area contributed by atoms with Crippen molar-refractivity contribution in [3.8, 4) is 6.07 Å². The fourth-order valence-electron chi connectivity index (χ4n) is 2.70. The van der Waals surface area contributed by atoms with Gasteiger partial charge in [0.2, 0.25) is 0 Å². The Kier molecular flexibility index (Phi) is 5.34. The lowest BCUT2D eigenvalue weighted by molar-refractivity contribution is 0.0859. The third kappa shape index (κ3) is 4.03. The number of hydrogen-bond donors (Lipinski definition) is 1. The average Bonchev–Trinajstić information content (AvgIpc) is 2.94. The third-order valence-corrected chi connectivity index (χ3v) is 5.57. The zero-order chi connectivity index (χ0) is 15.3. The molecule has 0 spiro atoms. The number of benzene rings is 1. The normalized spacial score (nSPS) is 22.1. The molecule has 1 saturated carbocycles. The van der Waals surface area contributed by atoms with Crippen molar-refractivity contribution in [1.29, 1.82) is 5.26 Å². The second kappa shape index (κ2) is 7.03. The molecule has 1 fully saturated rings. The maximum absolute atomic E-state index is 12.2. The number of nitrogens with zero attached hydrogens (tertiary/aromatic N) is 1. The lowest BCUT2D eigenvalue weighted by atomic mass is 10.2. The summed E-state index contributed by atoms with van der Waals surface area (Å²) in [4.78, 5) is 0.207. The SMILES string of the molecule is COC1CCCC1NCCS(=O)(=O)c1cccc(C#N)c1. The molecule has 2 rings (SSSR count). The van der Waals surface area contributed by atoms with E-state index in [0.717, 1.165) is 19.3 Å². The topological polar surface area (TPSA) is 79.2 Å². The molecule has 0 aromatic heterocycles. The first-order valence-electron chi connectivity index (χ1n) is 7.06. The van der Waals surface area contributed by atoms with E-state index in [1.54, 1.807) is 19.2 Å². The Hall–Kier alpha value is -1.42. The van der Waals surface area contributed by atoms with Crippen molar-refractivity contribution in [2.24, 2.45) is 0 Å². The summed E-state index contributed by atoms with van der Waals surface area (Å²) in [7, 11) is -1.67. The van der Waals surface area contributed by atoms with Gasteiger partial charge in [-0.15, -0.1) is 0 Å². The van der Waals surface area contributed by atoms with Gasteiger partial charge in [0.1, 0.15) is 0 Å². The van der Waals surface area contributed by atoms with Crippen LogP contribution < -0.4 is 5.32 Å². The fourth-order valence-corrected chi connectivity index (χ4v) is 3.91. The minimum absolute atomic E-state index is 0.0226. The molecule has 2 unspecified atom stereocenters. The number of nitriles is 1. The van der Waals surface area contributed by atoms with Crippen LogP contribution >= 0.6 is 0 Å². The molecule has 0 bridgehead atoms. The van der Waals surface area contributed by atoms with E-state index in [2.05, 4.69) is 5.32 Å². The van der Waals surface area contributed by atoms with Crippen molar-refractivity contribution < 1.29 is 13.2 Å². The van der Waals surface area contributed by atoms with Gasteiger partial charge in [-0.25, -0.2) is 8.42 Å². The smallest absolute Gasteiger partial charge is 0.179 e. The Morgan fingerprint density at radius 2 is 2.24 bits per heavy atom. The number of methoxy groups -OCH3 is 1. The first-order valence-corrected chi connectivity index (χ1v) is 8.71. The molecule has 0 radical (unpaired) electrons. The Morgan fingerprint density at radius 1 is 1.43 bits per heavy atom. The molecule has 1 aromatic carbocycles. The van der Waals surface area contributed by atoms with Crippen LogP contribution in [0.5, 0.6) is 0 Å². The summed E-state index contributed by atoms with van der Waals surface area (Å²) in [6.45, 7) is 0.393. The number of sulfone groups is 1. The molecule has 2 atom stereocenters. The van der Waals surface area contributed by atoms with Crippen LogP contribution in [0, 0.1) is 11.3 Å². The summed E-state index contributed by atoms with van der Waals surface area (Å²) >= 11 is 0. The van der Waals surface area contributed by atoms with Crippen LogP contribution in [-0.2, 0) is 14.6 Å². The van der Waals surface area contributed by atoms with Crippen LogP contribution in [0.2, 0.25) is 0 Å². The second-order valence-electron chi connectivity index (χ2n) is 5.22. The average molecular weight is 308 g/mol. The Balaban J connectivity index is 1.94. The lowest BCUT2D eigenvalue weighted by Crippen LogP contribution is -2.39. The third-order valence-electron chi connectivity index (χ3n) is 3.85. The van der Waals surface area contributed by atoms with Crippen LogP contribution in [0.1, 0.15) is 24.8 Å². The summed E-state index contributed by atoms with van der Waals surface area (Å²) < 4.78 is 29.9. The minimum Gasteiger partial charge on any atom is -0.380 e. The van der Waals surface area contributed by atoms with E-state index in [4.69, 9.17) is 10.00 Å². The maximum Gasteiger partial charge on any atom is 0.179 e. The van der Waals surface area contributed by atoms with Crippen LogP contribution in [0.15, 0.2) is 29.2 Å². The van der Waals surface area contributed by atoms with Crippen molar-refractivity contribution in [3.05, 3.63) is 29.8 Å². The summed E-state index contributed by atoms with van der Waals surface area (Å²) in [5, 5.41) is 12.1. The van der Waals surface area contributed by atoms with Gasteiger partial charge in [-0.1, -0.05) is 6.07 Å². The van der Waals surface area contributed by atoms with Gasteiger partial charge in [0.15, 0.2) is 9.84 Å². The largest absolute Gasteiger partial charge is 0.380 e. The Labute approximate surface area is 125 Å². The van der Waals surface area contributed by atoms with E-state index in [1.807, 2.05) is 6.07 Å². The summed E-state index contributed by atoms with van der Waals surface area (Å²) in [6, 6.07) is 8.33. The highest BCUT2D eigenvalue weighted by molar-refractivity contribution is 7.91. The Bertz CT molecular complexity index is 622. The summed E-state index contributed by atoms with van der Waals surface area (Å²) in [5.41, 5.74) is 0.360. The molecule has 0 saturated heterocycles. The minimum atomic E-state index is -3.36. The molecule has 21 heavy (non-hydrogen) atoms. The highest BCUT2D eigenvalue weighted by atomic mass is 32.2. The molecule has 114 valence electrons. The van der Waals surface area contributed by atoms with E-state index < -0.39 is 9.84 Å². The van der Waals surface area contributed by atoms with Gasteiger partial charge in [-0.05, 0) is 37.5 Å². The number of rotatable bonds is 6. The Morgan fingerprint density at radius 3 is 2.95 bits per heavy atom. The highest BCUT2D eigenvalue weighted by Gasteiger charge is 2.27. The quantitative estimate of drug-likeness (QED) is 0.861. The second-order valence-corrected chi connectivity index (χ2v) is 7.33. The molecule has 1 N–H and O–H groups in total. The maximum atomic E-state index is 12.2. The summed E-state index contributed by atoms with van der Waals surface area (Å²) in [6.07, 6.45) is 3.32.